The Morgan fingerprint density at radius 2 is 2.06 bits per heavy atom. The molecule has 0 radical (unpaired) electrons. The molecule has 2 N–H and O–H groups in total. The summed E-state index contributed by atoms with van der Waals surface area (Å²) in [5.74, 6) is -1.51. The summed E-state index contributed by atoms with van der Waals surface area (Å²) in [5, 5.41) is 6.59. The molecular formula is C10H9F3N4O. The second-order valence-electron chi connectivity index (χ2n) is 3.32. The Morgan fingerprint density at radius 3 is 2.61 bits per heavy atom. The minimum atomic E-state index is -2.85. The molecule has 2 aromatic rings. The van der Waals surface area contributed by atoms with E-state index in [1.807, 2.05) is 0 Å². The van der Waals surface area contributed by atoms with Crippen LogP contribution in [0.15, 0.2) is 22.6 Å². The number of nitrogens with one attached hydrogen (secondary N) is 2. The molecule has 0 bridgehead atoms. The van der Waals surface area contributed by atoms with Crippen LogP contribution in [0.1, 0.15) is 12.3 Å². The molecule has 0 atom stereocenters. The first-order valence-corrected chi connectivity index (χ1v) is 4.96. The van der Waals surface area contributed by atoms with Gasteiger partial charge in [0.1, 0.15) is 5.82 Å². The number of hydrogen-bond acceptors (Lipinski definition) is 5. The van der Waals surface area contributed by atoms with E-state index < -0.39 is 18.1 Å². The molecule has 0 aliphatic carbocycles. The molecule has 0 fully saturated rings. The number of aromatic nitrogens is 2. The number of halogens is 3. The number of alkyl halides is 2. The van der Waals surface area contributed by atoms with Crippen molar-refractivity contribution in [2.45, 2.75) is 6.43 Å². The summed E-state index contributed by atoms with van der Waals surface area (Å²) in [6, 6.07) is 4.02. The standard InChI is InChI=1S/C10H9F3N4O/c1-14-15-7-3-2-5(4-6(7)11)9-16-17-10(18-9)8(12)13/h2-4,8,14-15H,1H3. The van der Waals surface area contributed by atoms with E-state index in [0.29, 0.717) is 0 Å². The third-order valence-electron chi connectivity index (χ3n) is 2.10. The van der Waals surface area contributed by atoms with Crippen LogP contribution in [0, 0.1) is 5.82 Å². The summed E-state index contributed by atoms with van der Waals surface area (Å²) in [6.07, 6.45) is -2.85. The highest BCUT2D eigenvalue weighted by atomic mass is 19.3. The quantitative estimate of drug-likeness (QED) is 0.824. The van der Waals surface area contributed by atoms with Gasteiger partial charge in [-0.25, -0.2) is 9.82 Å². The fraction of sp³-hybridized carbons (Fsp3) is 0.200. The van der Waals surface area contributed by atoms with Gasteiger partial charge in [-0.15, -0.1) is 10.2 Å². The lowest BCUT2D eigenvalue weighted by molar-refractivity contribution is 0.116. The van der Waals surface area contributed by atoms with Crippen molar-refractivity contribution in [1.82, 2.24) is 15.6 Å². The Hall–Kier alpha value is -2.09. The Balaban J connectivity index is 2.30. The highest BCUT2D eigenvalue weighted by Crippen LogP contribution is 2.25. The summed E-state index contributed by atoms with van der Waals surface area (Å²) in [7, 11) is 1.58. The van der Waals surface area contributed by atoms with Crippen molar-refractivity contribution in [3.63, 3.8) is 0 Å². The summed E-state index contributed by atoms with van der Waals surface area (Å²) in [4.78, 5) is 0. The maximum atomic E-state index is 13.5. The SMILES string of the molecule is CNNc1ccc(-c2nnc(C(F)F)o2)cc1F. The first-order valence-electron chi connectivity index (χ1n) is 4.96. The molecule has 0 aliphatic rings. The van der Waals surface area contributed by atoms with E-state index in [4.69, 9.17) is 4.42 Å². The molecule has 0 spiro atoms. The number of anilines is 1. The van der Waals surface area contributed by atoms with Gasteiger partial charge in [0.15, 0.2) is 0 Å². The van der Waals surface area contributed by atoms with Crippen LogP contribution in [0.4, 0.5) is 18.9 Å². The van der Waals surface area contributed by atoms with Crippen LogP contribution in [-0.2, 0) is 0 Å². The first kappa shape index (κ1) is 12.4. The first-order chi connectivity index (χ1) is 8.61. The van der Waals surface area contributed by atoms with Gasteiger partial charge in [-0.1, -0.05) is 0 Å². The molecule has 0 unspecified atom stereocenters. The van der Waals surface area contributed by atoms with E-state index in [1.54, 1.807) is 7.05 Å². The molecule has 18 heavy (non-hydrogen) atoms. The third kappa shape index (κ3) is 2.43. The van der Waals surface area contributed by atoms with Gasteiger partial charge in [-0.3, -0.25) is 0 Å². The molecule has 2 rings (SSSR count). The van der Waals surface area contributed by atoms with Gasteiger partial charge >= 0.3 is 6.43 Å². The van der Waals surface area contributed by atoms with Crippen molar-refractivity contribution < 1.29 is 17.6 Å². The Kier molecular flexibility index (Phi) is 3.47. The number of nitrogens with zero attached hydrogens (tertiary/aromatic N) is 2. The number of benzene rings is 1. The maximum absolute atomic E-state index is 13.5. The Bertz CT molecular complexity index is 544. The topological polar surface area (TPSA) is 63.0 Å². The van der Waals surface area contributed by atoms with Crippen LogP contribution in [-0.4, -0.2) is 17.2 Å². The van der Waals surface area contributed by atoms with Crippen LogP contribution in [0.2, 0.25) is 0 Å². The summed E-state index contributed by atoms with van der Waals surface area (Å²) >= 11 is 0. The molecule has 0 aliphatic heterocycles. The Labute approximate surface area is 100.0 Å². The number of hydrogen-bond donors (Lipinski definition) is 2. The average molecular weight is 258 g/mol. The highest BCUT2D eigenvalue weighted by Gasteiger charge is 2.17. The van der Waals surface area contributed by atoms with Gasteiger partial charge in [0.2, 0.25) is 5.89 Å². The van der Waals surface area contributed by atoms with Crippen LogP contribution in [0.25, 0.3) is 11.5 Å². The van der Waals surface area contributed by atoms with Crippen molar-refractivity contribution >= 4 is 5.69 Å². The van der Waals surface area contributed by atoms with Crippen molar-refractivity contribution in [3.05, 3.63) is 29.9 Å². The van der Waals surface area contributed by atoms with Crippen LogP contribution in [0.5, 0.6) is 0 Å². The second-order valence-corrected chi connectivity index (χ2v) is 3.32. The lowest BCUT2D eigenvalue weighted by Crippen LogP contribution is -2.15. The van der Waals surface area contributed by atoms with Gasteiger partial charge in [0, 0.05) is 12.6 Å². The molecule has 8 heteroatoms. The lowest BCUT2D eigenvalue weighted by Gasteiger charge is -2.05. The molecule has 0 amide bonds. The van der Waals surface area contributed by atoms with E-state index in [2.05, 4.69) is 21.0 Å². The summed E-state index contributed by atoms with van der Waals surface area (Å²) < 4.78 is 42.8. The Morgan fingerprint density at radius 1 is 1.28 bits per heavy atom. The summed E-state index contributed by atoms with van der Waals surface area (Å²) in [5.41, 5.74) is 5.58. The van der Waals surface area contributed by atoms with Gasteiger partial charge in [0.05, 0.1) is 5.69 Å². The van der Waals surface area contributed by atoms with Gasteiger partial charge in [-0.05, 0) is 18.2 Å². The van der Waals surface area contributed by atoms with Crippen molar-refractivity contribution in [2.75, 3.05) is 12.5 Å². The smallest absolute Gasteiger partial charge is 0.314 e. The zero-order valence-corrected chi connectivity index (χ0v) is 9.25. The highest BCUT2D eigenvalue weighted by molar-refractivity contribution is 5.58. The van der Waals surface area contributed by atoms with Crippen LogP contribution in [0.3, 0.4) is 0 Å². The molecule has 1 aromatic heterocycles. The minimum Gasteiger partial charge on any atom is -0.415 e. The minimum absolute atomic E-state index is 0.153. The molecule has 1 aromatic carbocycles. The maximum Gasteiger partial charge on any atom is 0.314 e. The monoisotopic (exact) mass is 258 g/mol. The molecule has 0 saturated carbocycles. The summed E-state index contributed by atoms with van der Waals surface area (Å²) in [6.45, 7) is 0. The number of rotatable bonds is 4. The van der Waals surface area contributed by atoms with Crippen molar-refractivity contribution in [1.29, 1.82) is 0 Å². The predicted molar refractivity (Wildman–Crippen MR) is 57.3 cm³/mol. The zero-order valence-electron chi connectivity index (χ0n) is 9.25. The molecular weight excluding hydrogens is 249 g/mol. The predicted octanol–water partition coefficient (Wildman–Crippen LogP) is 2.36. The zero-order chi connectivity index (χ0) is 13.1. The average Bonchev–Trinajstić information content (AvgIpc) is 2.81. The largest absolute Gasteiger partial charge is 0.415 e. The van der Waals surface area contributed by atoms with Gasteiger partial charge in [0.25, 0.3) is 5.89 Å². The van der Waals surface area contributed by atoms with E-state index in [1.165, 1.54) is 12.1 Å². The van der Waals surface area contributed by atoms with E-state index in [-0.39, 0.29) is 17.1 Å². The molecule has 0 saturated heterocycles. The number of hydrazine groups is 1. The van der Waals surface area contributed by atoms with Gasteiger partial charge < -0.3 is 9.84 Å². The van der Waals surface area contributed by atoms with E-state index in [0.717, 1.165) is 6.07 Å². The lowest BCUT2D eigenvalue weighted by atomic mass is 10.2. The second kappa shape index (κ2) is 5.05. The van der Waals surface area contributed by atoms with Crippen molar-refractivity contribution in [3.8, 4) is 11.5 Å². The molecule has 1 heterocycles. The normalized spacial score (nSPS) is 10.9. The van der Waals surface area contributed by atoms with Crippen molar-refractivity contribution in [2.24, 2.45) is 0 Å². The van der Waals surface area contributed by atoms with E-state index in [9.17, 15) is 13.2 Å². The van der Waals surface area contributed by atoms with Gasteiger partial charge in [-0.2, -0.15) is 8.78 Å². The molecule has 5 nitrogen and oxygen atoms in total. The fourth-order valence-electron chi connectivity index (χ4n) is 1.32. The fourth-order valence-corrected chi connectivity index (χ4v) is 1.32. The van der Waals surface area contributed by atoms with Crippen LogP contribution < -0.4 is 10.9 Å². The molecule has 96 valence electrons. The third-order valence-corrected chi connectivity index (χ3v) is 2.10. The van der Waals surface area contributed by atoms with Crippen LogP contribution >= 0.6 is 0 Å². The van der Waals surface area contributed by atoms with E-state index >= 15 is 0 Å².